The maximum atomic E-state index is 6.03. The number of fused-ring (bicyclic) bond motifs is 1. The highest BCUT2D eigenvalue weighted by Gasteiger charge is 2.22. The summed E-state index contributed by atoms with van der Waals surface area (Å²) in [6.07, 6.45) is 9.31. The molecule has 1 aromatic heterocycles. The molecule has 1 saturated heterocycles. The first-order valence-corrected chi connectivity index (χ1v) is 10.9. The molecule has 152 valence electrons. The molecule has 0 radical (unpaired) electrons. The number of benzene rings is 1. The van der Waals surface area contributed by atoms with Crippen LogP contribution in [0.4, 0.5) is 0 Å². The van der Waals surface area contributed by atoms with Gasteiger partial charge in [-0.1, -0.05) is 6.07 Å². The van der Waals surface area contributed by atoms with Crippen molar-refractivity contribution in [1.29, 1.82) is 0 Å². The third kappa shape index (κ3) is 5.39. The summed E-state index contributed by atoms with van der Waals surface area (Å²) < 4.78 is 11.4. The summed E-state index contributed by atoms with van der Waals surface area (Å²) >= 11 is 0. The number of nitrogens with zero attached hydrogens (tertiary/aromatic N) is 2. The van der Waals surface area contributed by atoms with Crippen molar-refractivity contribution in [3.8, 4) is 5.75 Å². The summed E-state index contributed by atoms with van der Waals surface area (Å²) in [4.78, 5) is 4.94. The summed E-state index contributed by atoms with van der Waals surface area (Å²) in [6.45, 7) is 6.54. The molecule has 1 aromatic carbocycles. The number of rotatable bonds is 9. The smallest absolute Gasteiger partial charge is 0.119 e. The Hall–Kier alpha value is -1.78. The van der Waals surface area contributed by atoms with Crippen molar-refractivity contribution in [3.63, 3.8) is 0 Å². The Balaban J connectivity index is 1.19. The highest BCUT2D eigenvalue weighted by molar-refractivity contribution is 5.37. The van der Waals surface area contributed by atoms with Crippen LogP contribution in [0.25, 0.3) is 0 Å². The van der Waals surface area contributed by atoms with Gasteiger partial charge in [-0.25, -0.2) is 0 Å². The molecule has 4 rings (SSSR count). The van der Waals surface area contributed by atoms with Crippen molar-refractivity contribution in [2.24, 2.45) is 5.92 Å². The number of likely N-dealkylation sites (tertiary alicyclic amines) is 1. The number of hydrogen-bond donors (Lipinski definition) is 0. The molecular weight excluding hydrogens is 348 g/mol. The van der Waals surface area contributed by atoms with Crippen LogP contribution >= 0.6 is 0 Å². The molecule has 2 aromatic rings. The van der Waals surface area contributed by atoms with E-state index in [9.17, 15) is 0 Å². The van der Waals surface area contributed by atoms with Gasteiger partial charge in [0.1, 0.15) is 11.5 Å². The first kappa shape index (κ1) is 19.5. The van der Waals surface area contributed by atoms with Crippen molar-refractivity contribution in [2.45, 2.75) is 45.1 Å². The molecule has 2 heterocycles. The Kier molecular flexibility index (Phi) is 6.71. The van der Waals surface area contributed by atoms with Crippen LogP contribution in [0.2, 0.25) is 0 Å². The Morgan fingerprint density at radius 2 is 2.07 bits per heavy atom. The lowest BCUT2D eigenvalue weighted by Gasteiger charge is -2.28. The van der Waals surface area contributed by atoms with Gasteiger partial charge in [0.25, 0.3) is 0 Å². The van der Waals surface area contributed by atoms with E-state index in [0.717, 1.165) is 43.5 Å². The van der Waals surface area contributed by atoms with Crippen LogP contribution in [0.5, 0.6) is 5.75 Å². The summed E-state index contributed by atoms with van der Waals surface area (Å²) in [7, 11) is 2.12. The second-order valence-corrected chi connectivity index (χ2v) is 8.57. The molecule has 0 saturated carbocycles. The summed E-state index contributed by atoms with van der Waals surface area (Å²) in [6, 6.07) is 10.7. The van der Waals surface area contributed by atoms with Gasteiger partial charge in [0.05, 0.1) is 19.4 Å². The zero-order chi connectivity index (χ0) is 19.2. The van der Waals surface area contributed by atoms with E-state index in [2.05, 4.69) is 35.0 Å². The predicted molar refractivity (Wildman–Crippen MR) is 113 cm³/mol. The molecule has 4 nitrogen and oxygen atoms in total. The second-order valence-electron chi connectivity index (χ2n) is 8.57. The molecule has 4 heteroatoms. The SMILES string of the molecule is CN(CCCOc1ccc2c(c1)CCC(CN1CCCC1)C2)Cc1ccco1. The highest BCUT2D eigenvalue weighted by atomic mass is 16.5. The number of furan rings is 1. The monoisotopic (exact) mass is 382 g/mol. The molecule has 0 spiro atoms. The van der Waals surface area contributed by atoms with Crippen molar-refractivity contribution < 1.29 is 9.15 Å². The minimum absolute atomic E-state index is 0.763. The van der Waals surface area contributed by atoms with Gasteiger partial charge in [0.2, 0.25) is 0 Å². The van der Waals surface area contributed by atoms with Gasteiger partial charge >= 0.3 is 0 Å². The van der Waals surface area contributed by atoms with Crippen LogP contribution in [0, 0.1) is 5.92 Å². The van der Waals surface area contributed by atoms with E-state index >= 15 is 0 Å². The molecule has 0 amide bonds. The fraction of sp³-hybridized carbons (Fsp3) is 0.583. The molecule has 1 aliphatic heterocycles. The van der Waals surface area contributed by atoms with Crippen LogP contribution in [0.15, 0.2) is 41.0 Å². The first-order chi connectivity index (χ1) is 13.8. The van der Waals surface area contributed by atoms with Crippen LogP contribution < -0.4 is 4.74 Å². The zero-order valence-corrected chi connectivity index (χ0v) is 17.2. The lowest BCUT2D eigenvalue weighted by atomic mass is 9.83. The summed E-state index contributed by atoms with van der Waals surface area (Å²) in [5, 5.41) is 0. The lowest BCUT2D eigenvalue weighted by Crippen LogP contribution is -2.30. The molecule has 0 bridgehead atoms. The maximum absolute atomic E-state index is 6.03. The minimum atomic E-state index is 0.763. The fourth-order valence-electron chi connectivity index (χ4n) is 4.65. The average molecular weight is 383 g/mol. The van der Waals surface area contributed by atoms with Crippen molar-refractivity contribution in [3.05, 3.63) is 53.5 Å². The van der Waals surface area contributed by atoms with E-state index in [1.807, 2.05) is 12.1 Å². The van der Waals surface area contributed by atoms with Crippen molar-refractivity contribution in [1.82, 2.24) is 9.80 Å². The number of ether oxygens (including phenoxy) is 1. The van der Waals surface area contributed by atoms with E-state index < -0.39 is 0 Å². The quantitative estimate of drug-likeness (QED) is 0.602. The van der Waals surface area contributed by atoms with Crippen molar-refractivity contribution >= 4 is 0 Å². The van der Waals surface area contributed by atoms with E-state index in [-0.39, 0.29) is 0 Å². The van der Waals surface area contributed by atoms with E-state index in [1.165, 1.54) is 57.3 Å². The topological polar surface area (TPSA) is 28.9 Å². The largest absolute Gasteiger partial charge is 0.494 e. The van der Waals surface area contributed by atoms with Crippen LogP contribution in [0.1, 0.15) is 42.6 Å². The third-order valence-electron chi connectivity index (χ3n) is 6.18. The summed E-state index contributed by atoms with van der Waals surface area (Å²) in [5.74, 6) is 2.88. The van der Waals surface area contributed by atoms with Gasteiger partial charge in [0.15, 0.2) is 0 Å². The highest BCUT2D eigenvalue weighted by Crippen LogP contribution is 2.29. The minimum Gasteiger partial charge on any atom is -0.494 e. The van der Waals surface area contributed by atoms with Gasteiger partial charge < -0.3 is 14.1 Å². The van der Waals surface area contributed by atoms with Gasteiger partial charge in [-0.05, 0) is 100.0 Å². The molecule has 28 heavy (non-hydrogen) atoms. The molecular formula is C24H34N2O2. The Labute approximate surface area is 169 Å². The van der Waals surface area contributed by atoms with E-state index in [1.54, 1.807) is 11.8 Å². The maximum Gasteiger partial charge on any atom is 0.119 e. The van der Waals surface area contributed by atoms with Gasteiger partial charge in [-0.15, -0.1) is 0 Å². The Morgan fingerprint density at radius 1 is 1.18 bits per heavy atom. The van der Waals surface area contributed by atoms with Gasteiger partial charge in [0, 0.05) is 13.1 Å². The third-order valence-corrected chi connectivity index (χ3v) is 6.18. The average Bonchev–Trinajstić information content (AvgIpc) is 3.39. The summed E-state index contributed by atoms with van der Waals surface area (Å²) in [5.41, 5.74) is 3.05. The molecule has 2 aliphatic rings. The van der Waals surface area contributed by atoms with Crippen molar-refractivity contribution in [2.75, 3.05) is 39.8 Å². The van der Waals surface area contributed by atoms with Crippen LogP contribution in [0.3, 0.4) is 0 Å². The predicted octanol–water partition coefficient (Wildman–Crippen LogP) is 4.38. The van der Waals surface area contributed by atoms with Crippen LogP contribution in [-0.2, 0) is 19.4 Å². The lowest BCUT2D eigenvalue weighted by molar-refractivity contribution is 0.246. The van der Waals surface area contributed by atoms with Crippen LogP contribution in [-0.4, -0.2) is 49.6 Å². The standard InChI is InChI=1S/C24H34N2O2/c1-25(19-24-6-4-14-28-24)11-5-15-27-23-10-9-21-16-20(7-8-22(21)17-23)18-26-12-2-3-13-26/h4,6,9-10,14,17,20H,2-3,5,7-8,11-13,15-16,18-19H2,1H3. The van der Waals surface area contributed by atoms with E-state index in [4.69, 9.17) is 9.15 Å². The molecule has 1 fully saturated rings. The first-order valence-electron chi connectivity index (χ1n) is 10.9. The molecule has 1 aliphatic carbocycles. The fourth-order valence-corrected chi connectivity index (χ4v) is 4.65. The molecule has 0 N–H and O–H groups in total. The van der Waals surface area contributed by atoms with E-state index in [0.29, 0.717) is 0 Å². The van der Waals surface area contributed by atoms with Gasteiger partial charge in [-0.3, -0.25) is 4.90 Å². The second kappa shape index (κ2) is 9.62. The number of aryl methyl sites for hydroxylation is 1. The normalized spacial score (nSPS) is 19.9. The number of hydrogen-bond acceptors (Lipinski definition) is 4. The molecule has 1 unspecified atom stereocenters. The van der Waals surface area contributed by atoms with Gasteiger partial charge in [-0.2, -0.15) is 0 Å². The Morgan fingerprint density at radius 3 is 2.89 bits per heavy atom. The Bertz CT molecular complexity index is 722. The zero-order valence-electron chi connectivity index (χ0n) is 17.2. The molecule has 1 atom stereocenters.